The molecule has 2 N–H and O–H groups in total. The van der Waals surface area contributed by atoms with E-state index in [9.17, 15) is 4.79 Å². The van der Waals surface area contributed by atoms with E-state index in [1.54, 1.807) is 0 Å². The van der Waals surface area contributed by atoms with Gasteiger partial charge in [-0.25, -0.2) is 0 Å². The fourth-order valence-corrected chi connectivity index (χ4v) is 1.98. The molecule has 0 unspecified atom stereocenters. The molecule has 18 heavy (non-hydrogen) atoms. The Morgan fingerprint density at radius 3 is 2.67 bits per heavy atom. The number of nitrogens with zero attached hydrogens (tertiary/aromatic N) is 1. The van der Waals surface area contributed by atoms with Crippen molar-refractivity contribution in [3.8, 4) is 0 Å². The van der Waals surface area contributed by atoms with Gasteiger partial charge in [0.15, 0.2) is 0 Å². The summed E-state index contributed by atoms with van der Waals surface area (Å²) in [5.74, 6) is 0.130. The highest BCUT2D eigenvalue weighted by Gasteiger charge is 2.16. The van der Waals surface area contributed by atoms with E-state index in [0.717, 1.165) is 16.6 Å². The normalized spacial score (nSPS) is 11.7. The van der Waals surface area contributed by atoms with Crippen LogP contribution in [-0.2, 0) is 11.2 Å². The molecule has 2 aromatic rings. The summed E-state index contributed by atoms with van der Waals surface area (Å²) < 4.78 is 0. The number of benzene rings is 1. The van der Waals surface area contributed by atoms with Crippen molar-refractivity contribution in [1.82, 2.24) is 4.98 Å². The second kappa shape index (κ2) is 4.86. The monoisotopic (exact) mass is 242 g/mol. The van der Waals surface area contributed by atoms with E-state index in [1.165, 1.54) is 0 Å². The minimum atomic E-state index is -0.450. The zero-order valence-corrected chi connectivity index (χ0v) is 10.8. The molecule has 0 radical (unpaired) electrons. The number of para-hydroxylation sites is 1. The second-order valence-corrected chi connectivity index (χ2v) is 5.38. The van der Waals surface area contributed by atoms with Crippen molar-refractivity contribution in [2.45, 2.75) is 32.2 Å². The van der Waals surface area contributed by atoms with Gasteiger partial charge in [-0.2, -0.15) is 0 Å². The van der Waals surface area contributed by atoms with E-state index in [0.29, 0.717) is 12.8 Å². The van der Waals surface area contributed by atoms with Gasteiger partial charge in [0.05, 0.1) is 5.52 Å². The van der Waals surface area contributed by atoms with Gasteiger partial charge in [-0.3, -0.25) is 9.78 Å². The summed E-state index contributed by atoms with van der Waals surface area (Å²) in [4.78, 5) is 16.3. The summed E-state index contributed by atoms with van der Waals surface area (Å²) in [6, 6.07) is 11.8. The first kappa shape index (κ1) is 12.7. The molecule has 1 heterocycles. The molecule has 0 fully saturated rings. The van der Waals surface area contributed by atoms with Crippen LogP contribution in [0.1, 0.15) is 26.0 Å². The highest BCUT2D eigenvalue weighted by molar-refractivity contribution is 5.83. The Labute approximate surface area is 107 Å². The maximum atomic E-state index is 11.8. The average Bonchev–Trinajstić information content (AvgIpc) is 2.26. The number of rotatable bonds is 4. The Balaban J connectivity index is 2.15. The lowest BCUT2D eigenvalue weighted by molar-refractivity contribution is -0.119. The minimum Gasteiger partial charge on any atom is -0.325 e. The molecule has 0 spiro atoms. The van der Waals surface area contributed by atoms with Gasteiger partial charge in [0.25, 0.3) is 0 Å². The topological polar surface area (TPSA) is 56.0 Å². The van der Waals surface area contributed by atoms with Crippen molar-refractivity contribution < 1.29 is 4.79 Å². The van der Waals surface area contributed by atoms with Crippen LogP contribution in [-0.4, -0.2) is 16.3 Å². The molecule has 0 amide bonds. The molecule has 0 saturated heterocycles. The van der Waals surface area contributed by atoms with Crippen molar-refractivity contribution in [2.24, 2.45) is 5.73 Å². The van der Waals surface area contributed by atoms with Crippen LogP contribution in [0.15, 0.2) is 36.4 Å². The molecular weight excluding hydrogens is 224 g/mol. The zero-order chi connectivity index (χ0) is 13.2. The number of nitrogens with two attached hydrogens (primary N) is 1. The van der Waals surface area contributed by atoms with Crippen molar-refractivity contribution >= 4 is 16.7 Å². The zero-order valence-electron chi connectivity index (χ0n) is 10.8. The third-order valence-corrected chi connectivity index (χ3v) is 2.69. The lowest BCUT2D eigenvalue weighted by Gasteiger charge is -2.16. The first-order chi connectivity index (χ1) is 8.44. The maximum absolute atomic E-state index is 11.8. The van der Waals surface area contributed by atoms with Crippen LogP contribution in [0.2, 0.25) is 0 Å². The van der Waals surface area contributed by atoms with Crippen LogP contribution in [0.25, 0.3) is 10.9 Å². The molecule has 0 aliphatic rings. The molecule has 0 aliphatic carbocycles. The largest absolute Gasteiger partial charge is 0.325 e. The number of carbonyl (C=O) groups is 1. The molecule has 3 heteroatoms. The van der Waals surface area contributed by atoms with E-state index in [1.807, 2.05) is 50.2 Å². The van der Waals surface area contributed by atoms with E-state index in [4.69, 9.17) is 5.73 Å². The molecule has 1 aromatic carbocycles. The lowest BCUT2D eigenvalue weighted by Crippen LogP contribution is -2.35. The number of hydrogen-bond donors (Lipinski definition) is 1. The Bertz CT molecular complexity index is 570. The van der Waals surface area contributed by atoms with Crippen LogP contribution >= 0.6 is 0 Å². The summed E-state index contributed by atoms with van der Waals surface area (Å²) in [6.07, 6.45) is 0.729. The van der Waals surface area contributed by atoms with Crippen molar-refractivity contribution in [2.75, 3.05) is 0 Å². The Hall–Kier alpha value is -1.74. The molecular formula is C15H18N2O. The van der Waals surface area contributed by atoms with Crippen molar-refractivity contribution in [3.05, 3.63) is 42.1 Å². The number of pyridine rings is 1. The first-order valence-corrected chi connectivity index (χ1v) is 6.09. The summed E-state index contributed by atoms with van der Waals surface area (Å²) >= 11 is 0. The number of Topliss-reactive ketones (excluding diaryl/α,β-unsaturated/α-hetero) is 1. The fourth-order valence-electron chi connectivity index (χ4n) is 1.98. The predicted octanol–water partition coefficient (Wildman–Crippen LogP) is 2.47. The van der Waals surface area contributed by atoms with Gasteiger partial charge >= 0.3 is 0 Å². The maximum Gasteiger partial charge on any atom is 0.140 e. The van der Waals surface area contributed by atoms with Crippen LogP contribution in [0, 0.1) is 0 Å². The SMILES string of the molecule is CC(C)(N)CC(=O)Cc1ccc2ccccc2n1. The minimum absolute atomic E-state index is 0.130. The Morgan fingerprint density at radius 2 is 1.94 bits per heavy atom. The molecule has 0 atom stereocenters. The number of hydrogen-bond acceptors (Lipinski definition) is 3. The number of fused-ring (bicyclic) bond motifs is 1. The van der Waals surface area contributed by atoms with Gasteiger partial charge in [-0.15, -0.1) is 0 Å². The smallest absolute Gasteiger partial charge is 0.140 e. The molecule has 0 bridgehead atoms. The van der Waals surface area contributed by atoms with Gasteiger partial charge in [-0.1, -0.05) is 24.3 Å². The predicted molar refractivity (Wildman–Crippen MR) is 73.3 cm³/mol. The molecule has 0 saturated carbocycles. The van der Waals surface area contributed by atoms with Crippen LogP contribution in [0.5, 0.6) is 0 Å². The number of carbonyl (C=O) groups excluding carboxylic acids is 1. The van der Waals surface area contributed by atoms with Gasteiger partial charge in [-0.05, 0) is 26.0 Å². The quantitative estimate of drug-likeness (QED) is 0.896. The van der Waals surface area contributed by atoms with E-state index < -0.39 is 5.54 Å². The standard InChI is InChI=1S/C15H18N2O/c1-15(2,16)10-13(18)9-12-8-7-11-5-3-4-6-14(11)17-12/h3-8H,9-10,16H2,1-2H3. The van der Waals surface area contributed by atoms with E-state index in [2.05, 4.69) is 4.98 Å². The van der Waals surface area contributed by atoms with Crippen LogP contribution in [0.3, 0.4) is 0 Å². The average molecular weight is 242 g/mol. The van der Waals surface area contributed by atoms with Crippen LogP contribution < -0.4 is 5.73 Å². The molecule has 94 valence electrons. The van der Waals surface area contributed by atoms with Crippen molar-refractivity contribution in [3.63, 3.8) is 0 Å². The number of ketones is 1. The summed E-state index contributed by atoms with van der Waals surface area (Å²) in [5, 5.41) is 1.09. The van der Waals surface area contributed by atoms with Gasteiger partial charge in [0.2, 0.25) is 0 Å². The third kappa shape index (κ3) is 3.37. The lowest BCUT2D eigenvalue weighted by atomic mass is 9.97. The molecule has 2 rings (SSSR count). The fraction of sp³-hybridized carbons (Fsp3) is 0.333. The summed E-state index contributed by atoms with van der Waals surface area (Å²) in [5.41, 5.74) is 7.12. The first-order valence-electron chi connectivity index (χ1n) is 6.09. The van der Waals surface area contributed by atoms with Crippen molar-refractivity contribution in [1.29, 1.82) is 0 Å². The third-order valence-electron chi connectivity index (χ3n) is 2.69. The highest BCUT2D eigenvalue weighted by atomic mass is 16.1. The van der Waals surface area contributed by atoms with Crippen LogP contribution in [0.4, 0.5) is 0 Å². The molecule has 3 nitrogen and oxygen atoms in total. The summed E-state index contributed by atoms with van der Waals surface area (Å²) in [7, 11) is 0. The molecule has 1 aromatic heterocycles. The molecule has 0 aliphatic heterocycles. The van der Waals surface area contributed by atoms with Gasteiger partial charge in [0, 0.05) is 29.5 Å². The van der Waals surface area contributed by atoms with Gasteiger partial charge < -0.3 is 5.73 Å². The van der Waals surface area contributed by atoms with Gasteiger partial charge in [0.1, 0.15) is 5.78 Å². The highest BCUT2D eigenvalue weighted by Crippen LogP contribution is 2.13. The second-order valence-electron chi connectivity index (χ2n) is 5.38. The Morgan fingerprint density at radius 1 is 1.22 bits per heavy atom. The van der Waals surface area contributed by atoms with E-state index >= 15 is 0 Å². The summed E-state index contributed by atoms with van der Waals surface area (Å²) in [6.45, 7) is 3.72. The van der Waals surface area contributed by atoms with E-state index in [-0.39, 0.29) is 5.78 Å². The number of aromatic nitrogens is 1. The Kier molecular flexibility index (Phi) is 3.43.